The van der Waals surface area contributed by atoms with Gasteiger partial charge in [0.2, 0.25) is 0 Å². The van der Waals surface area contributed by atoms with Crippen LogP contribution in [0.5, 0.6) is 0 Å². The molecule has 3 heteroatoms. The molecule has 0 saturated carbocycles. The maximum absolute atomic E-state index is 13.7. The van der Waals surface area contributed by atoms with Crippen LogP contribution in [0, 0.1) is 0 Å². The molecule has 0 spiro atoms. The molecule has 0 amide bonds. The van der Waals surface area contributed by atoms with Crippen LogP contribution < -0.4 is 5.32 Å². The molecule has 0 aliphatic carbocycles. The maximum atomic E-state index is 13.7. The van der Waals surface area contributed by atoms with E-state index in [1.807, 2.05) is 6.92 Å². The van der Waals surface area contributed by atoms with Gasteiger partial charge in [-0.25, -0.2) is 0 Å². The minimum absolute atomic E-state index is 0.00448. The van der Waals surface area contributed by atoms with Gasteiger partial charge >= 0.3 is 0 Å². The summed E-state index contributed by atoms with van der Waals surface area (Å²) in [5.41, 5.74) is 1.14. The summed E-state index contributed by atoms with van der Waals surface area (Å²) in [4.78, 5) is 0. The average molecular weight is 241 g/mol. The fourth-order valence-corrected chi connectivity index (χ4v) is 1.60. The standard InChI is InChI=1S/C14H21F2N/c1-5-17-10-14(15,16)12-8-6-11(7-9-12)13(2,3)4/h6-9,17H,5,10H2,1-4H3. The fraction of sp³-hybridized carbons (Fsp3) is 0.571. The van der Waals surface area contributed by atoms with E-state index in [-0.39, 0.29) is 17.5 Å². The first-order valence-corrected chi connectivity index (χ1v) is 5.97. The Labute approximate surface area is 102 Å². The normalized spacial score (nSPS) is 12.8. The van der Waals surface area contributed by atoms with Crippen molar-refractivity contribution in [3.63, 3.8) is 0 Å². The van der Waals surface area contributed by atoms with E-state index < -0.39 is 5.92 Å². The summed E-state index contributed by atoms with van der Waals surface area (Å²) < 4.78 is 27.4. The maximum Gasteiger partial charge on any atom is 0.285 e. The van der Waals surface area contributed by atoms with Crippen LogP contribution in [-0.2, 0) is 11.3 Å². The third-order valence-electron chi connectivity index (χ3n) is 2.77. The molecule has 1 rings (SSSR count). The zero-order valence-corrected chi connectivity index (χ0v) is 11.0. The van der Waals surface area contributed by atoms with Crippen LogP contribution in [0.15, 0.2) is 24.3 Å². The van der Waals surface area contributed by atoms with Crippen LogP contribution in [0.1, 0.15) is 38.8 Å². The van der Waals surface area contributed by atoms with E-state index in [4.69, 9.17) is 0 Å². The molecular formula is C14H21F2N. The van der Waals surface area contributed by atoms with Crippen molar-refractivity contribution in [2.24, 2.45) is 0 Å². The van der Waals surface area contributed by atoms with Crippen LogP contribution in [0.4, 0.5) is 8.78 Å². The van der Waals surface area contributed by atoms with Gasteiger partial charge in [-0.05, 0) is 17.5 Å². The number of alkyl halides is 2. The van der Waals surface area contributed by atoms with Crippen LogP contribution in [-0.4, -0.2) is 13.1 Å². The summed E-state index contributed by atoms with van der Waals surface area (Å²) in [5, 5.41) is 2.68. The number of halogens is 2. The van der Waals surface area contributed by atoms with E-state index in [9.17, 15) is 8.78 Å². The second-order valence-electron chi connectivity index (χ2n) is 5.31. The van der Waals surface area contributed by atoms with Gasteiger partial charge in [0.15, 0.2) is 0 Å². The first-order valence-electron chi connectivity index (χ1n) is 5.97. The Morgan fingerprint density at radius 1 is 1.00 bits per heavy atom. The summed E-state index contributed by atoms with van der Waals surface area (Å²) in [5.74, 6) is -2.80. The van der Waals surface area contributed by atoms with Gasteiger partial charge in [0.25, 0.3) is 5.92 Å². The summed E-state index contributed by atoms with van der Waals surface area (Å²) in [7, 11) is 0. The highest BCUT2D eigenvalue weighted by molar-refractivity contribution is 5.30. The monoisotopic (exact) mass is 241 g/mol. The molecule has 0 bridgehead atoms. The molecule has 0 fully saturated rings. The number of likely N-dealkylation sites (N-methyl/N-ethyl adjacent to an activating group) is 1. The molecule has 0 aromatic heterocycles. The smallest absolute Gasteiger partial charge is 0.285 e. The van der Waals surface area contributed by atoms with Gasteiger partial charge in [0.05, 0.1) is 6.54 Å². The lowest BCUT2D eigenvalue weighted by atomic mass is 9.86. The van der Waals surface area contributed by atoms with Crippen molar-refractivity contribution in [1.82, 2.24) is 5.32 Å². The van der Waals surface area contributed by atoms with Crippen molar-refractivity contribution in [3.05, 3.63) is 35.4 Å². The van der Waals surface area contributed by atoms with Crippen LogP contribution in [0.2, 0.25) is 0 Å². The molecule has 1 aromatic carbocycles. The summed E-state index contributed by atoms with van der Waals surface area (Å²) in [6.45, 7) is 8.27. The van der Waals surface area contributed by atoms with E-state index in [0.717, 1.165) is 5.56 Å². The van der Waals surface area contributed by atoms with Crippen molar-refractivity contribution < 1.29 is 8.78 Å². The molecule has 0 heterocycles. The predicted octanol–water partition coefficient (Wildman–Crippen LogP) is 3.69. The molecule has 1 N–H and O–H groups in total. The van der Waals surface area contributed by atoms with Gasteiger partial charge in [-0.1, -0.05) is 52.0 Å². The van der Waals surface area contributed by atoms with E-state index >= 15 is 0 Å². The van der Waals surface area contributed by atoms with E-state index in [0.29, 0.717) is 6.54 Å². The number of hydrogen-bond donors (Lipinski definition) is 1. The van der Waals surface area contributed by atoms with E-state index in [2.05, 4.69) is 26.1 Å². The largest absolute Gasteiger partial charge is 0.311 e. The molecule has 0 aliphatic rings. The fourth-order valence-electron chi connectivity index (χ4n) is 1.60. The Balaban J connectivity index is 2.87. The highest BCUT2D eigenvalue weighted by Gasteiger charge is 2.30. The number of hydrogen-bond acceptors (Lipinski definition) is 1. The second kappa shape index (κ2) is 5.13. The van der Waals surface area contributed by atoms with Gasteiger partial charge in [0, 0.05) is 5.56 Å². The molecule has 0 unspecified atom stereocenters. The molecular weight excluding hydrogens is 220 g/mol. The molecule has 0 saturated heterocycles. The second-order valence-corrected chi connectivity index (χ2v) is 5.31. The highest BCUT2D eigenvalue weighted by Crippen LogP contribution is 2.29. The zero-order chi connectivity index (χ0) is 13.1. The predicted molar refractivity (Wildman–Crippen MR) is 67.6 cm³/mol. The summed E-state index contributed by atoms with van der Waals surface area (Å²) in [6, 6.07) is 6.63. The number of rotatable bonds is 4. The van der Waals surface area contributed by atoms with Crippen molar-refractivity contribution in [3.8, 4) is 0 Å². The Kier molecular flexibility index (Phi) is 4.26. The lowest BCUT2D eigenvalue weighted by molar-refractivity contribution is -0.00263. The van der Waals surface area contributed by atoms with Crippen LogP contribution >= 0.6 is 0 Å². The van der Waals surface area contributed by atoms with Crippen molar-refractivity contribution in [1.29, 1.82) is 0 Å². The molecule has 0 radical (unpaired) electrons. The Morgan fingerprint density at radius 3 is 1.88 bits per heavy atom. The number of nitrogens with one attached hydrogen (secondary N) is 1. The number of benzene rings is 1. The molecule has 1 nitrogen and oxygen atoms in total. The van der Waals surface area contributed by atoms with Gasteiger partial charge < -0.3 is 5.32 Å². The van der Waals surface area contributed by atoms with Gasteiger partial charge in [-0.15, -0.1) is 0 Å². The van der Waals surface area contributed by atoms with Gasteiger partial charge in [-0.2, -0.15) is 8.78 Å². The molecule has 0 aliphatic heterocycles. The van der Waals surface area contributed by atoms with Gasteiger partial charge in [-0.3, -0.25) is 0 Å². The topological polar surface area (TPSA) is 12.0 Å². The Morgan fingerprint density at radius 2 is 1.47 bits per heavy atom. The third kappa shape index (κ3) is 3.77. The Bertz CT molecular complexity index is 349. The molecule has 0 atom stereocenters. The molecule has 1 aromatic rings. The van der Waals surface area contributed by atoms with Crippen molar-refractivity contribution in [2.75, 3.05) is 13.1 Å². The van der Waals surface area contributed by atoms with E-state index in [1.165, 1.54) is 12.1 Å². The lowest BCUT2D eigenvalue weighted by Gasteiger charge is -2.21. The highest BCUT2D eigenvalue weighted by atomic mass is 19.3. The minimum atomic E-state index is -2.80. The van der Waals surface area contributed by atoms with Gasteiger partial charge in [0.1, 0.15) is 0 Å². The zero-order valence-electron chi connectivity index (χ0n) is 11.0. The van der Waals surface area contributed by atoms with Crippen molar-refractivity contribution in [2.45, 2.75) is 39.0 Å². The minimum Gasteiger partial charge on any atom is -0.311 e. The summed E-state index contributed by atoms with van der Waals surface area (Å²) in [6.07, 6.45) is 0. The lowest BCUT2D eigenvalue weighted by Crippen LogP contribution is -2.30. The Hall–Kier alpha value is -0.960. The van der Waals surface area contributed by atoms with Crippen LogP contribution in [0.25, 0.3) is 0 Å². The van der Waals surface area contributed by atoms with Crippen LogP contribution in [0.3, 0.4) is 0 Å². The first-order chi connectivity index (χ1) is 7.77. The quantitative estimate of drug-likeness (QED) is 0.847. The first kappa shape index (κ1) is 14.1. The summed E-state index contributed by atoms with van der Waals surface area (Å²) >= 11 is 0. The van der Waals surface area contributed by atoms with E-state index in [1.54, 1.807) is 12.1 Å². The SMILES string of the molecule is CCNCC(F)(F)c1ccc(C(C)(C)C)cc1. The average Bonchev–Trinajstić information content (AvgIpc) is 2.25. The van der Waals surface area contributed by atoms with Crippen molar-refractivity contribution >= 4 is 0 Å². The molecule has 96 valence electrons. The molecule has 17 heavy (non-hydrogen) atoms. The third-order valence-corrected chi connectivity index (χ3v) is 2.77.